The second-order valence-electron chi connectivity index (χ2n) is 4.49. The highest BCUT2D eigenvalue weighted by Gasteiger charge is 2.10. The molecule has 4 nitrogen and oxygen atoms in total. The molecule has 0 saturated heterocycles. The molecule has 0 aromatic carbocycles. The van der Waals surface area contributed by atoms with Crippen LogP contribution in [0.25, 0.3) is 11.5 Å². The lowest BCUT2D eigenvalue weighted by molar-refractivity contribution is 0.662. The van der Waals surface area contributed by atoms with Crippen molar-refractivity contribution in [3.8, 4) is 11.5 Å². The zero-order valence-corrected chi connectivity index (χ0v) is 14.6. The molecule has 0 spiro atoms. The number of pyridine rings is 1. The molecule has 0 aliphatic carbocycles. The molecular formula is C14H16Br2N4. The van der Waals surface area contributed by atoms with E-state index in [2.05, 4.69) is 59.1 Å². The zero-order chi connectivity index (χ0) is 14.5. The van der Waals surface area contributed by atoms with Crippen LogP contribution < -0.4 is 5.32 Å². The molecule has 2 aromatic rings. The zero-order valence-electron chi connectivity index (χ0n) is 11.5. The van der Waals surface area contributed by atoms with E-state index < -0.39 is 0 Å². The molecule has 0 saturated carbocycles. The first kappa shape index (κ1) is 15.5. The Morgan fingerprint density at radius 2 is 2.00 bits per heavy atom. The van der Waals surface area contributed by atoms with Crippen molar-refractivity contribution >= 4 is 31.9 Å². The highest BCUT2D eigenvalue weighted by molar-refractivity contribution is 9.11. The summed E-state index contributed by atoms with van der Waals surface area (Å²) in [6, 6.07) is 3.95. The van der Waals surface area contributed by atoms with Gasteiger partial charge in [-0.2, -0.15) is 0 Å². The lowest BCUT2D eigenvalue weighted by Gasteiger charge is -2.08. The highest BCUT2D eigenvalue weighted by Crippen LogP contribution is 2.26. The summed E-state index contributed by atoms with van der Waals surface area (Å²) in [6.45, 7) is 5.85. The van der Waals surface area contributed by atoms with Crippen LogP contribution in [-0.2, 0) is 6.54 Å². The molecule has 2 aromatic heterocycles. The molecule has 0 unspecified atom stereocenters. The maximum absolute atomic E-state index is 4.58. The predicted octanol–water partition coefficient (Wildman–Crippen LogP) is 3.87. The predicted molar refractivity (Wildman–Crippen MR) is 87.4 cm³/mol. The van der Waals surface area contributed by atoms with Gasteiger partial charge in [-0.1, -0.05) is 6.92 Å². The Morgan fingerprint density at radius 3 is 2.70 bits per heavy atom. The molecule has 6 heteroatoms. The van der Waals surface area contributed by atoms with Crippen LogP contribution in [0.15, 0.2) is 27.3 Å². The van der Waals surface area contributed by atoms with Crippen LogP contribution in [0.1, 0.15) is 24.7 Å². The molecule has 2 rings (SSSR count). The number of hydrogen-bond acceptors (Lipinski definition) is 4. The molecule has 0 amide bonds. The first-order valence-electron chi connectivity index (χ1n) is 6.47. The van der Waals surface area contributed by atoms with Gasteiger partial charge in [-0.25, -0.2) is 9.97 Å². The average Bonchev–Trinajstić information content (AvgIpc) is 2.38. The van der Waals surface area contributed by atoms with Crippen molar-refractivity contribution in [3.63, 3.8) is 0 Å². The maximum atomic E-state index is 4.58. The summed E-state index contributed by atoms with van der Waals surface area (Å²) < 4.78 is 1.80. The second kappa shape index (κ2) is 7.24. The monoisotopic (exact) mass is 398 g/mol. The van der Waals surface area contributed by atoms with Crippen molar-refractivity contribution in [2.24, 2.45) is 0 Å². The molecule has 0 bridgehead atoms. The van der Waals surface area contributed by atoms with E-state index >= 15 is 0 Å². The van der Waals surface area contributed by atoms with Gasteiger partial charge >= 0.3 is 0 Å². The first-order valence-corrected chi connectivity index (χ1v) is 8.05. The molecule has 20 heavy (non-hydrogen) atoms. The molecule has 1 N–H and O–H groups in total. The van der Waals surface area contributed by atoms with E-state index in [4.69, 9.17) is 0 Å². The van der Waals surface area contributed by atoms with Crippen LogP contribution in [0.5, 0.6) is 0 Å². The van der Waals surface area contributed by atoms with Crippen LogP contribution in [0.3, 0.4) is 0 Å². The Balaban J connectivity index is 2.31. The van der Waals surface area contributed by atoms with Gasteiger partial charge in [0.15, 0.2) is 5.82 Å². The molecule has 0 aliphatic heterocycles. The fourth-order valence-electron chi connectivity index (χ4n) is 1.80. The molecule has 0 radical (unpaired) electrons. The van der Waals surface area contributed by atoms with Gasteiger partial charge in [-0.3, -0.25) is 4.98 Å². The third kappa shape index (κ3) is 4.07. The van der Waals surface area contributed by atoms with Crippen LogP contribution in [0, 0.1) is 6.92 Å². The largest absolute Gasteiger partial charge is 0.311 e. The molecule has 0 atom stereocenters. The van der Waals surface area contributed by atoms with E-state index in [0.717, 1.165) is 45.5 Å². The minimum Gasteiger partial charge on any atom is -0.311 e. The standard InChI is InChI=1S/C14H16Br2N4/c1-3-4-17-8-11-5-9(2)19-14(20-11)13-12(16)6-10(15)7-18-13/h5-7,17H,3-4,8H2,1-2H3. The number of hydrogen-bond donors (Lipinski definition) is 1. The summed E-state index contributed by atoms with van der Waals surface area (Å²) >= 11 is 6.91. The maximum Gasteiger partial charge on any atom is 0.179 e. The number of halogens is 2. The van der Waals surface area contributed by atoms with Crippen molar-refractivity contribution in [2.75, 3.05) is 6.54 Å². The van der Waals surface area contributed by atoms with Gasteiger partial charge in [0.25, 0.3) is 0 Å². The van der Waals surface area contributed by atoms with E-state index in [1.165, 1.54) is 0 Å². The van der Waals surface area contributed by atoms with E-state index in [9.17, 15) is 0 Å². The molecule has 2 heterocycles. The normalized spacial score (nSPS) is 10.8. The number of aromatic nitrogens is 3. The number of nitrogens with one attached hydrogen (secondary N) is 1. The Labute approximate surface area is 135 Å². The summed E-state index contributed by atoms with van der Waals surface area (Å²) in [5, 5.41) is 3.35. The van der Waals surface area contributed by atoms with Crippen molar-refractivity contribution in [2.45, 2.75) is 26.8 Å². The van der Waals surface area contributed by atoms with Gasteiger partial charge in [0, 0.05) is 27.4 Å². The van der Waals surface area contributed by atoms with Crippen LogP contribution in [0.4, 0.5) is 0 Å². The fraction of sp³-hybridized carbons (Fsp3) is 0.357. The third-order valence-corrected chi connectivity index (χ3v) is 3.70. The van der Waals surface area contributed by atoms with Crippen molar-refractivity contribution in [1.82, 2.24) is 20.3 Å². The van der Waals surface area contributed by atoms with E-state index in [-0.39, 0.29) is 0 Å². The van der Waals surface area contributed by atoms with Gasteiger partial charge in [0.2, 0.25) is 0 Å². The van der Waals surface area contributed by atoms with E-state index in [1.54, 1.807) is 6.20 Å². The van der Waals surface area contributed by atoms with Crippen molar-refractivity contribution in [3.05, 3.63) is 38.7 Å². The molecular weight excluding hydrogens is 384 g/mol. The van der Waals surface area contributed by atoms with Gasteiger partial charge in [-0.15, -0.1) is 0 Å². The highest BCUT2D eigenvalue weighted by atomic mass is 79.9. The van der Waals surface area contributed by atoms with Crippen LogP contribution >= 0.6 is 31.9 Å². The quantitative estimate of drug-likeness (QED) is 0.775. The summed E-state index contributed by atoms with van der Waals surface area (Å²) in [7, 11) is 0. The first-order chi connectivity index (χ1) is 9.60. The van der Waals surface area contributed by atoms with E-state index in [1.807, 2.05) is 19.1 Å². The third-order valence-electron chi connectivity index (χ3n) is 2.66. The van der Waals surface area contributed by atoms with Gasteiger partial charge in [-0.05, 0) is 63.9 Å². The molecule has 0 fully saturated rings. The Hall–Kier alpha value is -0.850. The van der Waals surface area contributed by atoms with Gasteiger partial charge in [0.05, 0.1) is 5.69 Å². The van der Waals surface area contributed by atoms with Crippen LogP contribution in [-0.4, -0.2) is 21.5 Å². The lowest BCUT2D eigenvalue weighted by Crippen LogP contribution is -2.15. The summed E-state index contributed by atoms with van der Waals surface area (Å²) in [4.78, 5) is 13.4. The number of aryl methyl sites for hydroxylation is 1. The Bertz CT molecular complexity index is 602. The molecule has 0 aliphatic rings. The summed E-state index contributed by atoms with van der Waals surface area (Å²) in [6.07, 6.45) is 2.86. The number of nitrogens with zero attached hydrogens (tertiary/aromatic N) is 3. The van der Waals surface area contributed by atoms with Crippen molar-refractivity contribution < 1.29 is 0 Å². The summed E-state index contributed by atoms with van der Waals surface area (Å²) in [5.74, 6) is 0.651. The Morgan fingerprint density at radius 1 is 1.20 bits per heavy atom. The minimum atomic E-state index is 0.651. The van der Waals surface area contributed by atoms with Crippen LogP contribution in [0.2, 0.25) is 0 Å². The SMILES string of the molecule is CCCNCc1cc(C)nc(-c2ncc(Br)cc2Br)n1. The van der Waals surface area contributed by atoms with Crippen molar-refractivity contribution in [1.29, 1.82) is 0 Å². The second-order valence-corrected chi connectivity index (χ2v) is 6.26. The van der Waals surface area contributed by atoms with Gasteiger partial charge in [0.1, 0.15) is 5.69 Å². The number of rotatable bonds is 5. The summed E-state index contributed by atoms with van der Waals surface area (Å²) in [5.41, 5.74) is 2.69. The minimum absolute atomic E-state index is 0.651. The Kier molecular flexibility index (Phi) is 5.63. The fourth-order valence-corrected chi connectivity index (χ4v) is 2.97. The topological polar surface area (TPSA) is 50.7 Å². The van der Waals surface area contributed by atoms with Gasteiger partial charge < -0.3 is 5.32 Å². The lowest BCUT2D eigenvalue weighted by atomic mass is 10.3. The molecule has 106 valence electrons. The van der Waals surface area contributed by atoms with E-state index in [0.29, 0.717) is 5.82 Å². The average molecular weight is 400 g/mol. The smallest absolute Gasteiger partial charge is 0.179 e.